The lowest BCUT2D eigenvalue weighted by Gasteiger charge is -2.08. The first-order valence-electron chi connectivity index (χ1n) is 7.53. The number of anilines is 1. The third kappa shape index (κ3) is 5.08. The summed E-state index contributed by atoms with van der Waals surface area (Å²) in [6.45, 7) is 2.22. The zero-order chi connectivity index (χ0) is 17.5. The molecular weight excluding hydrogens is 328 g/mol. The SMILES string of the molecule is Cc1ccc(NC(=O)C(=O)NCCc2ccc(CO)cc2)c(Cl)c1. The van der Waals surface area contributed by atoms with Crippen LogP contribution in [0, 0.1) is 6.92 Å². The lowest BCUT2D eigenvalue weighted by atomic mass is 10.1. The van der Waals surface area contributed by atoms with Crippen molar-refractivity contribution in [1.82, 2.24) is 5.32 Å². The second-order valence-corrected chi connectivity index (χ2v) is 5.83. The van der Waals surface area contributed by atoms with Crippen LogP contribution in [0.3, 0.4) is 0 Å². The Bertz CT molecular complexity index is 730. The molecule has 0 aromatic heterocycles. The molecular formula is C18H19ClN2O3. The van der Waals surface area contributed by atoms with Gasteiger partial charge in [-0.05, 0) is 42.2 Å². The fourth-order valence-corrected chi connectivity index (χ4v) is 2.39. The highest BCUT2D eigenvalue weighted by Gasteiger charge is 2.14. The Hall–Kier alpha value is -2.37. The van der Waals surface area contributed by atoms with Gasteiger partial charge in [-0.2, -0.15) is 0 Å². The van der Waals surface area contributed by atoms with Crippen molar-refractivity contribution in [3.05, 3.63) is 64.2 Å². The molecule has 0 saturated heterocycles. The number of carbonyl (C=O) groups excluding carboxylic acids is 2. The van der Waals surface area contributed by atoms with Gasteiger partial charge in [-0.25, -0.2) is 0 Å². The van der Waals surface area contributed by atoms with Crippen molar-refractivity contribution >= 4 is 29.1 Å². The summed E-state index contributed by atoms with van der Waals surface area (Å²) < 4.78 is 0. The number of benzene rings is 2. The third-order valence-corrected chi connectivity index (χ3v) is 3.80. The summed E-state index contributed by atoms with van der Waals surface area (Å²) in [6, 6.07) is 12.6. The number of halogens is 1. The molecule has 0 heterocycles. The summed E-state index contributed by atoms with van der Waals surface area (Å²) >= 11 is 6.02. The van der Waals surface area contributed by atoms with Crippen molar-refractivity contribution < 1.29 is 14.7 Å². The van der Waals surface area contributed by atoms with Crippen LogP contribution >= 0.6 is 11.6 Å². The maximum atomic E-state index is 11.9. The first-order valence-corrected chi connectivity index (χ1v) is 7.91. The molecule has 3 N–H and O–H groups in total. The molecule has 2 aromatic carbocycles. The number of nitrogens with one attached hydrogen (secondary N) is 2. The van der Waals surface area contributed by atoms with Gasteiger partial charge >= 0.3 is 11.8 Å². The summed E-state index contributed by atoms with van der Waals surface area (Å²) in [7, 11) is 0. The van der Waals surface area contributed by atoms with Crippen LogP contribution in [0.4, 0.5) is 5.69 Å². The van der Waals surface area contributed by atoms with Crippen LogP contribution in [0.2, 0.25) is 5.02 Å². The average molecular weight is 347 g/mol. The van der Waals surface area contributed by atoms with Crippen LogP contribution in [-0.4, -0.2) is 23.5 Å². The van der Waals surface area contributed by atoms with E-state index in [1.165, 1.54) is 0 Å². The molecule has 6 heteroatoms. The molecule has 0 saturated carbocycles. The van der Waals surface area contributed by atoms with Crippen LogP contribution in [0.5, 0.6) is 0 Å². The standard InChI is InChI=1S/C18H19ClN2O3/c1-12-2-7-16(15(19)10-12)21-18(24)17(23)20-9-8-13-3-5-14(11-22)6-4-13/h2-7,10,22H,8-9,11H2,1H3,(H,20,23)(H,21,24). The summed E-state index contributed by atoms with van der Waals surface area (Å²) in [5.41, 5.74) is 3.21. The van der Waals surface area contributed by atoms with E-state index >= 15 is 0 Å². The molecule has 0 unspecified atom stereocenters. The fourth-order valence-electron chi connectivity index (χ4n) is 2.11. The lowest BCUT2D eigenvalue weighted by Crippen LogP contribution is -2.36. The Balaban J connectivity index is 1.81. The number of aliphatic hydroxyl groups is 1. The predicted molar refractivity (Wildman–Crippen MR) is 93.9 cm³/mol. The largest absolute Gasteiger partial charge is 0.392 e. The van der Waals surface area contributed by atoms with E-state index in [1.54, 1.807) is 18.2 Å². The average Bonchev–Trinajstić information content (AvgIpc) is 2.57. The molecule has 2 aromatic rings. The van der Waals surface area contributed by atoms with E-state index in [0.29, 0.717) is 23.7 Å². The second kappa shape index (κ2) is 8.47. The van der Waals surface area contributed by atoms with E-state index in [1.807, 2.05) is 31.2 Å². The fraction of sp³-hybridized carbons (Fsp3) is 0.222. The first kappa shape index (κ1) is 18.0. The van der Waals surface area contributed by atoms with Gasteiger partial charge < -0.3 is 15.7 Å². The molecule has 2 rings (SSSR count). The lowest BCUT2D eigenvalue weighted by molar-refractivity contribution is -0.136. The number of hydrogen-bond donors (Lipinski definition) is 3. The van der Waals surface area contributed by atoms with Crippen molar-refractivity contribution in [1.29, 1.82) is 0 Å². The maximum Gasteiger partial charge on any atom is 0.313 e. The van der Waals surface area contributed by atoms with Gasteiger partial charge in [0, 0.05) is 6.54 Å². The third-order valence-electron chi connectivity index (χ3n) is 3.48. The normalized spacial score (nSPS) is 10.3. The van der Waals surface area contributed by atoms with E-state index in [0.717, 1.165) is 16.7 Å². The van der Waals surface area contributed by atoms with E-state index < -0.39 is 11.8 Å². The number of aliphatic hydroxyl groups excluding tert-OH is 1. The molecule has 24 heavy (non-hydrogen) atoms. The van der Waals surface area contributed by atoms with Crippen LogP contribution in [0.15, 0.2) is 42.5 Å². The first-order chi connectivity index (χ1) is 11.5. The number of amides is 2. The monoisotopic (exact) mass is 346 g/mol. The van der Waals surface area contributed by atoms with Crippen LogP contribution in [0.1, 0.15) is 16.7 Å². The number of rotatable bonds is 5. The number of hydrogen-bond acceptors (Lipinski definition) is 3. The van der Waals surface area contributed by atoms with Crippen LogP contribution in [0.25, 0.3) is 0 Å². The minimum Gasteiger partial charge on any atom is -0.392 e. The van der Waals surface area contributed by atoms with Crippen molar-refractivity contribution in [2.45, 2.75) is 20.0 Å². The molecule has 0 aliphatic heterocycles. The van der Waals surface area contributed by atoms with Gasteiger partial charge in [0.25, 0.3) is 0 Å². The van der Waals surface area contributed by atoms with Crippen molar-refractivity contribution in [3.63, 3.8) is 0 Å². The highest BCUT2D eigenvalue weighted by Crippen LogP contribution is 2.22. The highest BCUT2D eigenvalue weighted by molar-refractivity contribution is 6.41. The topological polar surface area (TPSA) is 78.4 Å². The molecule has 5 nitrogen and oxygen atoms in total. The van der Waals surface area contributed by atoms with E-state index in [4.69, 9.17) is 16.7 Å². The van der Waals surface area contributed by atoms with Crippen molar-refractivity contribution in [3.8, 4) is 0 Å². The number of carbonyl (C=O) groups is 2. The number of aryl methyl sites for hydroxylation is 1. The quantitative estimate of drug-likeness (QED) is 0.728. The molecule has 0 aliphatic rings. The molecule has 0 bridgehead atoms. The second-order valence-electron chi connectivity index (χ2n) is 5.42. The summed E-state index contributed by atoms with van der Waals surface area (Å²) in [5, 5.41) is 14.4. The van der Waals surface area contributed by atoms with E-state index in [9.17, 15) is 9.59 Å². The van der Waals surface area contributed by atoms with E-state index in [-0.39, 0.29) is 6.61 Å². The maximum absolute atomic E-state index is 11.9. The van der Waals surface area contributed by atoms with Gasteiger partial charge in [0.05, 0.1) is 17.3 Å². The van der Waals surface area contributed by atoms with Crippen LogP contribution in [-0.2, 0) is 22.6 Å². The zero-order valence-electron chi connectivity index (χ0n) is 13.3. The Morgan fingerprint density at radius 2 is 1.71 bits per heavy atom. The Morgan fingerprint density at radius 3 is 2.33 bits per heavy atom. The van der Waals surface area contributed by atoms with Gasteiger partial charge in [-0.15, -0.1) is 0 Å². The van der Waals surface area contributed by atoms with Gasteiger partial charge in [0.2, 0.25) is 0 Å². The van der Waals surface area contributed by atoms with Gasteiger partial charge in [0.1, 0.15) is 0 Å². The Labute approximate surface area is 145 Å². The summed E-state index contributed by atoms with van der Waals surface area (Å²) in [4.78, 5) is 23.7. The van der Waals surface area contributed by atoms with Crippen molar-refractivity contribution in [2.75, 3.05) is 11.9 Å². The van der Waals surface area contributed by atoms with Gasteiger partial charge in [0.15, 0.2) is 0 Å². The molecule has 0 radical (unpaired) electrons. The smallest absolute Gasteiger partial charge is 0.313 e. The molecule has 0 aliphatic carbocycles. The predicted octanol–water partition coefficient (Wildman–Crippen LogP) is 2.44. The highest BCUT2D eigenvalue weighted by atomic mass is 35.5. The van der Waals surface area contributed by atoms with Gasteiger partial charge in [-0.1, -0.05) is 41.9 Å². The summed E-state index contributed by atoms with van der Waals surface area (Å²) in [6.07, 6.45) is 0.593. The molecule has 0 spiro atoms. The van der Waals surface area contributed by atoms with E-state index in [2.05, 4.69) is 10.6 Å². The molecule has 126 valence electrons. The van der Waals surface area contributed by atoms with Crippen LogP contribution < -0.4 is 10.6 Å². The molecule has 0 fully saturated rings. The molecule has 2 amide bonds. The minimum atomic E-state index is -0.753. The van der Waals surface area contributed by atoms with Gasteiger partial charge in [-0.3, -0.25) is 9.59 Å². The minimum absolute atomic E-state index is 0.00123. The Kier molecular flexibility index (Phi) is 6.35. The molecule has 0 atom stereocenters. The Morgan fingerprint density at radius 1 is 1.04 bits per heavy atom. The summed E-state index contributed by atoms with van der Waals surface area (Å²) in [5.74, 6) is -1.46. The zero-order valence-corrected chi connectivity index (χ0v) is 14.1. The van der Waals surface area contributed by atoms with Crippen molar-refractivity contribution in [2.24, 2.45) is 0 Å².